The van der Waals surface area contributed by atoms with Crippen LogP contribution in [0, 0.1) is 11.3 Å². The Morgan fingerprint density at radius 2 is 2.21 bits per heavy atom. The first-order valence-electron chi connectivity index (χ1n) is 9.26. The van der Waals surface area contributed by atoms with Crippen LogP contribution in [0.2, 0.25) is 0 Å². The highest BCUT2D eigenvalue weighted by molar-refractivity contribution is 7.09. The van der Waals surface area contributed by atoms with Crippen molar-refractivity contribution >= 4 is 23.2 Å². The summed E-state index contributed by atoms with van der Waals surface area (Å²) in [6.45, 7) is 1.16. The lowest BCUT2D eigenvalue weighted by Gasteiger charge is -2.33. The van der Waals surface area contributed by atoms with E-state index in [1.54, 1.807) is 53.0 Å². The Morgan fingerprint density at radius 1 is 1.31 bits per heavy atom. The molecule has 3 aromatic rings. The lowest BCUT2D eigenvalue weighted by molar-refractivity contribution is -0.125. The van der Waals surface area contributed by atoms with Gasteiger partial charge >= 0.3 is 0 Å². The molecule has 0 spiro atoms. The van der Waals surface area contributed by atoms with Crippen LogP contribution in [0.15, 0.2) is 54.3 Å². The van der Waals surface area contributed by atoms with Crippen molar-refractivity contribution in [2.45, 2.75) is 19.0 Å². The average molecular weight is 405 g/mol. The number of carbonyl (C=O) groups excluding carboxylic acids is 2. The highest BCUT2D eigenvalue weighted by Gasteiger charge is 2.32. The molecule has 0 aliphatic carbocycles. The molecule has 1 N–H and O–H groups in total. The monoisotopic (exact) mass is 405 g/mol. The van der Waals surface area contributed by atoms with E-state index in [4.69, 9.17) is 5.26 Å². The third-order valence-corrected chi connectivity index (χ3v) is 5.84. The molecule has 3 heterocycles. The van der Waals surface area contributed by atoms with Crippen LogP contribution in [-0.2, 0) is 17.8 Å². The molecule has 1 atom stereocenters. The van der Waals surface area contributed by atoms with Gasteiger partial charge in [0.05, 0.1) is 36.7 Å². The Morgan fingerprint density at radius 3 is 3.00 bits per heavy atom. The van der Waals surface area contributed by atoms with Gasteiger partial charge in [0.25, 0.3) is 5.91 Å². The highest BCUT2D eigenvalue weighted by atomic mass is 32.1. The van der Waals surface area contributed by atoms with E-state index in [-0.39, 0.29) is 18.4 Å². The first-order chi connectivity index (χ1) is 14.2. The minimum atomic E-state index is -0.535. The van der Waals surface area contributed by atoms with E-state index in [1.807, 2.05) is 22.1 Å². The van der Waals surface area contributed by atoms with E-state index in [9.17, 15) is 9.59 Å². The zero-order valence-corrected chi connectivity index (χ0v) is 16.4. The average Bonchev–Trinajstić information content (AvgIpc) is 3.44. The van der Waals surface area contributed by atoms with Crippen molar-refractivity contribution < 1.29 is 9.59 Å². The fraction of sp³-hybridized carbons (Fsp3) is 0.238. The molecule has 29 heavy (non-hydrogen) atoms. The van der Waals surface area contributed by atoms with E-state index in [1.165, 1.54) is 4.88 Å². The SMILES string of the molecule is N#Cc1cccc(C(=O)N2Cc3cncn3[C@@H](C(=O)NCCc3cccs3)C2)c1. The highest BCUT2D eigenvalue weighted by Crippen LogP contribution is 2.23. The Bertz CT molecular complexity index is 1070. The van der Waals surface area contributed by atoms with Gasteiger partial charge in [-0.2, -0.15) is 5.26 Å². The van der Waals surface area contributed by atoms with Gasteiger partial charge in [-0.1, -0.05) is 12.1 Å². The maximum atomic E-state index is 13.0. The van der Waals surface area contributed by atoms with Crippen molar-refractivity contribution in [3.63, 3.8) is 0 Å². The van der Waals surface area contributed by atoms with Gasteiger partial charge in [-0.3, -0.25) is 9.59 Å². The number of thiophene rings is 1. The molecule has 8 heteroatoms. The Hall–Kier alpha value is -3.44. The summed E-state index contributed by atoms with van der Waals surface area (Å²) >= 11 is 1.66. The molecule has 0 radical (unpaired) electrons. The van der Waals surface area contributed by atoms with Gasteiger partial charge in [-0.25, -0.2) is 4.98 Å². The van der Waals surface area contributed by atoms with Gasteiger partial charge in [-0.15, -0.1) is 11.3 Å². The molecule has 1 aliphatic rings. The summed E-state index contributed by atoms with van der Waals surface area (Å²) in [7, 11) is 0. The number of hydrogen-bond acceptors (Lipinski definition) is 5. The second kappa shape index (κ2) is 8.29. The van der Waals surface area contributed by atoms with E-state index in [0.29, 0.717) is 24.2 Å². The summed E-state index contributed by atoms with van der Waals surface area (Å²) in [5, 5.41) is 14.1. The number of nitrogens with one attached hydrogen (secondary N) is 1. The molecule has 0 fully saturated rings. The summed E-state index contributed by atoms with van der Waals surface area (Å²) in [5.74, 6) is -0.338. The van der Waals surface area contributed by atoms with Crippen LogP contribution in [0.3, 0.4) is 0 Å². The number of imidazole rings is 1. The third-order valence-electron chi connectivity index (χ3n) is 4.91. The fourth-order valence-electron chi connectivity index (χ4n) is 3.44. The topological polar surface area (TPSA) is 91.0 Å². The molecule has 1 aliphatic heterocycles. The maximum absolute atomic E-state index is 13.0. The normalized spacial score (nSPS) is 15.4. The maximum Gasteiger partial charge on any atom is 0.254 e. The predicted octanol–water partition coefficient (Wildman–Crippen LogP) is 2.37. The summed E-state index contributed by atoms with van der Waals surface area (Å²) in [4.78, 5) is 32.9. The summed E-state index contributed by atoms with van der Waals surface area (Å²) in [6.07, 6.45) is 4.09. The van der Waals surface area contributed by atoms with Gasteiger partial charge in [0.1, 0.15) is 6.04 Å². The molecule has 7 nitrogen and oxygen atoms in total. The van der Waals surface area contributed by atoms with Crippen molar-refractivity contribution in [2.24, 2.45) is 0 Å². The smallest absolute Gasteiger partial charge is 0.254 e. The largest absolute Gasteiger partial charge is 0.354 e. The number of amides is 2. The Kier molecular flexibility index (Phi) is 5.40. The van der Waals surface area contributed by atoms with Gasteiger partial charge in [0.2, 0.25) is 5.91 Å². The van der Waals surface area contributed by atoms with Crippen LogP contribution in [-0.4, -0.2) is 39.4 Å². The van der Waals surface area contributed by atoms with Crippen molar-refractivity contribution in [1.29, 1.82) is 5.26 Å². The first-order valence-corrected chi connectivity index (χ1v) is 10.1. The van der Waals surface area contributed by atoms with Crippen LogP contribution in [0.25, 0.3) is 0 Å². The lowest BCUT2D eigenvalue weighted by Crippen LogP contribution is -2.46. The molecule has 2 aromatic heterocycles. The molecule has 0 bridgehead atoms. The van der Waals surface area contributed by atoms with E-state index < -0.39 is 6.04 Å². The standard InChI is InChI=1S/C21H19N5O2S/c22-10-15-3-1-4-16(9-15)21(28)25-12-17-11-23-14-26(17)19(13-25)20(27)24-7-6-18-5-2-8-29-18/h1-5,8-9,11,14,19H,6-7,12-13H2,(H,24,27)/t19-/m1/s1. The molecule has 2 amide bonds. The van der Waals surface area contributed by atoms with Crippen molar-refractivity contribution in [2.75, 3.05) is 13.1 Å². The van der Waals surface area contributed by atoms with E-state index in [2.05, 4.69) is 16.4 Å². The lowest BCUT2D eigenvalue weighted by atomic mass is 10.1. The van der Waals surface area contributed by atoms with E-state index in [0.717, 1.165) is 12.1 Å². The minimum absolute atomic E-state index is 0.135. The van der Waals surface area contributed by atoms with Gasteiger partial charge < -0.3 is 14.8 Å². The van der Waals surface area contributed by atoms with Crippen LogP contribution < -0.4 is 5.32 Å². The van der Waals surface area contributed by atoms with Crippen LogP contribution in [0.5, 0.6) is 0 Å². The molecular formula is C21H19N5O2S. The zero-order valence-electron chi connectivity index (χ0n) is 15.6. The number of rotatable bonds is 5. The fourth-order valence-corrected chi connectivity index (χ4v) is 4.15. The summed E-state index contributed by atoms with van der Waals surface area (Å²) < 4.78 is 1.83. The van der Waals surface area contributed by atoms with Crippen LogP contribution in [0.4, 0.5) is 0 Å². The number of hydrogen-bond donors (Lipinski definition) is 1. The molecular weight excluding hydrogens is 386 g/mol. The summed E-state index contributed by atoms with van der Waals surface area (Å²) in [6, 6.07) is 12.2. The second-order valence-electron chi connectivity index (χ2n) is 6.81. The second-order valence-corrected chi connectivity index (χ2v) is 7.84. The number of fused-ring (bicyclic) bond motifs is 1. The van der Waals surface area contributed by atoms with Gasteiger partial charge in [0.15, 0.2) is 0 Å². The van der Waals surface area contributed by atoms with Crippen molar-refractivity contribution in [1.82, 2.24) is 19.8 Å². The number of carbonyl (C=O) groups is 2. The van der Waals surface area contributed by atoms with Gasteiger partial charge in [0, 0.05) is 23.2 Å². The Balaban J connectivity index is 1.48. The molecule has 0 saturated carbocycles. The van der Waals surface area contributed by atoms with Crippen LogP contribution >= 0.6 is 11.3 Å². The first kappa shape index (κ1) is 18.9. The number of nitrogens with zero attached hydrogens (tertiary/aromatic N) is 4. The van der Waals surface area contributed by atoms with E-state index >= 15 is 0 Å². The third kappa shape index (κ3) is 4.05. The predicted molar refractivity (Wildman–Crippen MR) is 108 cm³/mol. The van der Waals surface area contributed by atoms with Crippen molar-refractivity contribution in [3.05, 3.63) is 76.0 Å². The number of benzene rings is 1. The molecule has 146 valence electrons. The van der Waals surface area contributed by atoms with Crippen molar-refractivity contribution in [3.8, 4) is 6.07 Å². The molecule has 0 unspecified atom stereocenters. The molecule has 0 saturated heterocycles. The molecule has 4 rings (SSSR count). The zero-order chi connectivity index (χ0) is 20.2. The molecule has 1 aromatic carbocycles. The number of aromatic nitrogens is 2. The minimum Gasteiger partial charge on any atom is -0.354 e. The van der Waals surface area contributed by atoms with Gasteiger partial charge in [-0.05, 0) is 36.1 Å². The number of nitriles is 1. The quantitative estimate of drug-likeness (QED) is 0.706. The Labute approximate surface area is 172 Å². The van der Waals surface area contributed by atoms with Crippen LogP contribution in [0.1, 0.15) is 32.5 Å². The summed E-state index contributed by atoms with van der Waals surface area (Å²) in [5.41, 5.74) is 1.68.